The van der Waals surface area contributed by atoms with Gasteiger partial charge in [0.2, 0.25) is 0 Å². The zero-order valence-electron chi connectivity index (χ0n) is 17.7. The molecule has 4 aromatic carbocycles. The second kappa shape index (κ2) is 9.35. The first-order valence-electron chi connectivity index (χ1n) is 10.4. The first-order valence-corrected chi connectivity index (χ1v) is 10.4. The van der Waals surface area contributed by atoms with E-state index in [0.29, 0.717) is 18.8 Å². The van der Waals surface area contributed by atoms with Crippen LogP contribution in [0.4, 0.5) is 5.69 Å². The highest BCUT2D eigenvalue weighted by Gasteiger charge is 2.12. The number of fused-ring (bicyclic) bond motifs is 1. The third-order valence-corrected chi connectivity index (χ3v) is 5.06. The highest BCUT2D eigenvalue weighted by atomic mass is 16.5. The van der Waals surface area contributed by atoms with Crippen LogP contribution in [0.2, 0.25) is 0 Å². The Kier molecular flexibility index (Phi) is 6.18. The van der Waals surface area contributed by atoms with Gasteiger partial charge in [0.1, 0.15) is 18.1 Å². The van der Waals surface area contributed by atoms with Gasteiger partial charge in [-0.15, -0.1) is 0 Å². The van der Waals surface area contributed by atoms with Crippen LogP contribution in [0.5, 0.6) is 11.5 Å². The van der Waals surface area contributed by atoms with Crippen LogP contribution < -0.4 is 14.8 Å². The first kappa shape index (κ1) is 20.5. The van der Waals surface area contributed by atoms with E-state index in [4.69, 9.17) is 9.47 Å². The Bertz CT molecular complexity index is 1190. The van der Waals surface area contributed by atoms with E-state index in [0.717, 1.165) is 39.1 Å². The molecule has 0 atom stereocenters. The molecule has 4 aromatic rings. The van der Waals surface area contributed by atoms with Crippen LogP contribution in [0.15, 0.2) is 84.9 Å². The van der Waals surface area contributed by atoms with E-state index in [1.165, 1.54) is 0 Å². The standard InChI is InChI=1S/C27H25NO3/c1-3-30-25-16-13-21(27(29)28-23-14-11-19(2)12-15-23)17-22(25)18-31-26-10-6-8-20-7-4-5-9-24(20)26/h4-17H,3,18H2,1-2H3,(H,28,29). The molecular formula is C27H25NO3. The Morgan fingerprint density at radius 3 is 2.42 bits per heavy atom. The molecule has 0 bridgehead atoms. The molecule has 0 radical (unpaired) electrons. The van der Waals surface area contributed by atoms with Crippen LogP contribution in [-0.2, 0) is 6.61 Å². The van der Waals surface area contributed by atoms with Crippen molar-refractivity contribution in [1.29, 1.82) is 0 Å². The lowest BCUT2D eigenvalue weighted by molar-refractivity contribution is 0.102. The van der Waals surface area contributed by atoms with Crippen LogP contribution >= 0.6 is 0 Å². The number of carbonyl (C=O) groups is 1. The van der Waals surface area contributed by atoms with E-state index in [9.17, 15) is 4.79 Å². The summed E-state index contributed by atoms with van der Waals surface area (Å²) in [4.78, 5) is 12.8. The van der Waals surface area contributed by atoms with Crippen molar-refractivity contribution in [2.45, 2.75) is 20.5 Å². The van der Waals surface area contributed by atoms with Gasteiger partial charge in [-0.05, 0) is 55.6 Å². The van der Waals surface area contributed by atoms with Gasteiger partial charge in [-0.1, -0.05) is 54.1 Å². The molecule has 1 amide bonds. The molecule has 0 aliphatic carbocycles. The number of aryl methyl sites for hydroxylation is 1. The second-order valence-electron chi connectivity index (χ2n) is 7.34. The quantitative estimate of drug-likeness (QED) is 0.384. The van der Waals surface area contributed by atoms with Crippen molar-refractivity contribution < 1.29 is 14.3 Å². The van der Waals surface area contributed by atoms with Crippen LogP contribution in [0, 0.1) is 6.92 Å². The van der Waals surface area contributed by atoms with E-state index in [1.54, 1.807) is 6.07 Å². The third-order valence-electron chi connectivity index (χ3n) is 5.06. The Morgan fingerprint density at radius 2 is 1.61 bits per heavy atom. The van der Waals surface area contributed by atoms with Gasteiger partial charge in [0.05, 0.1) is 6.61 Å². The monoisotopic (exact) mass is 411 g/mol. The van der Waals surface area contributed by atoms with Gasteiger partial charge < -0.3 is 14.8 Å². The van der Waals surface area contributed by atoms with E-state index >= 15 is 0 Å². The fraction of sp³-hybridized carbons (Fsp3) is 0.148. The van der Waals surface area contributed by atoms with Gasteiger partial charge in [0.25, 0.3) is 5.91 Å². The molecule has 0 aliphatic heterocycles. The number of ether oxygens (including phenoxy) is 2. The number of anilines is 1. The Morgan fingerprint density at radius 1 is 0.839 bits per heavy atom. The number of rotatable bonds is 7. The smallest absolute Gasteiger partial charge is 0.255 e. The average Bonchev–Trinajstić information content (AvgIpc) is 2.80. The Hall–Kier alpha value is -3.79. The molecule has 0 saturated heterocycles. The van der Waals surface area contributed by atoms with Gasteiger partial charge in [-0.3, -0.25) is 4.79 Å². The van der Waals surface area contributed by atoms with Crippen molar-refractivity contribution in [2.75, 3.05) is 11.9 Å². The van der Waals surface area contributed by atoms with Gasteiger partial charge in [-0.25, -0.2) is 0 Å². The van der Waals surface area contributed by atoms with Crippen molar-refractivity contribution in [3.8, 4) is 11.5 Å². The molecule has 0 aromatic heterocycles. The average molecular weight is 412 g/mol. The second-order valence-corrected chi connectivity index (χ2v) is 7.34. The maximum absolute atomic E-state index is 12.8. The van der Waals surface area contributed by atoms with Gasteiger partial charge in [-0.2, -0.15) is 0 Å². The van der Waals surface area contributed by atoms with Crippen molar-refractivity contribution in [3.05, 3.63) is 102 Å². The summed E-state index contributed by atoms with van der Waals surface area (Å²) in [5.41, 5.74) is 3.29. The maximum Gasteiger partial charge on any atom is 0.255 e. The minimum Gasteiger partial charge on any atom is -0.493 e. The van der Waals surface area contributed by atoms with E-state index in [-0.39, 0.29) is 5.91 Å². The predicted octanol–water partition coefficient (Wildman–Crippen LogP) is 6.38. The lowest BCUT2D eigenvalue weighted by Gasteiger charge is -2.14. The summed E-state index contributed by atoms with van der Waals surface area (Å²) < 4.78 is 11.9. The molecule has 0 spiro atoms. The third kappa shape index (κ3) is 4.86. The van der Waals surface area contributed by atoms with Crippen LogP contribution in [0.1, 0.15) is 28.4 Å². The number of benzene rings is 4. The van der Waals surface area contributed by atoms with Crippen LogP contribution in [0.3, 0.4) is 0 Å². The number of nitrogens with one attached hydrogen (secondary N) is 1. The molecule has 31 heavy (non-hydrogen) atoms. The summed E-state index contributed by atoms with van der Waals surface area (Å²) >= 11 is 0. The fourth-order valence-electron chi connectivity index (χ4n) is 3.45. The summed E-state index contributed by atoms with van der Waals surface area (Å²) in [6.07, 6.45) is 0. The summed E-state index contributed by atoms with van der Waals surface area (Å²) in [6, 6.07) is 27.3. The lowest BCUT2D eigenvalue weighted by atomic mass is 10.1. The normalized spacial score (nSPS) is 10.6. The lowest BCUT2D eigenvalue weighted by Crippen LogP contribution is -2.13. The van der Waals surface area contributed by atoms with Gasteiger partial charge in [0.15, 0.2) is 0 Å². The van der Waals surface area contributed by atoms with Gasteiger partial charge in [0, 0.05) is 22.2 Å². The number of hydrogen-bond donors (Lipinski definition) is 1. The summed E-state index contributed by atoms with van der Waals surface area (Å²) in [7, 11) is 0. The summed E-state index contributed by atoms with van der Waals surface area (Å²) in [5, 5.41) is 5.12. The molecule has 0 unspecified atom stereocenters. The topological polar surface area (TPSA) is 47.6 Å². The molecular weight excluding hydrogens is 386 g/mol. The largest absolute Gasteiger partial charge is 0.493 e. The molecule has 156 valence electrons. The minimum atomic E-state index is -0.168. The van der Waals surface area contributed by atoms with E-state index in [2.05, 4.69) is 17.4 Å². The van der Waals surface area contributed by atoms with Crippen molar-refractivity contribution >= 4 is 22.4 Å². The highest BCUT2D eigenvalue weighted by molar-refractivity contribution is 6.04. The fourth-order valence-corrected chi connectivity index (χ4v) is 3.45. The first-order chi connectivity index (χ1) is 15.1. The Balaban J connectivity index is 1.56. The van der Waals surface area contributed by atoms with Crippen LogP contribution in [0.25, 0.3) is 10.8 Å². The van der Waals surface area contributed by atoms with Gasteiger partial charge >= 0.3 is 0 Å². The summed E-state index contributed by atoms with van der Waals surface area (Å²) in [5.74, 6) is 1.35. The van der Waals surface area contributed by atoms with Crippen LogP contribution in [-0.4, -0.2) is 12.5 Å². The number of hydrogen-bond acceptors (Lipinski definition) is 3. The molecule has 0 heterocycles. The highest BCUT2D eigenvalue weighted by Crippen LogP contribution is 2.28. The zero-order valence-corrected chi connectivity index (χ0v) is 17.7. The predicted molar refractivity (Wildman–Crippen MR) is 125 cm³/mol. The number of amides is 1. The molecule has 0 fully saturated rings. The van der Waals surface area contributed by atoms with Crippen molar-refractivity contribution in [1.82, 2.24) is 0 Å². The van der Waals surface area contributed by atoms with Crippen molar-refractivity contribution in [2.24, 2.45) is 0 Å². The maximum atomic E-state index is 12.8. The van der Waals surface area contributed by atoms with E-state index < -0.39 is 0 Å². The molecule has 1 N–H and O–H groups in total. The molecule has 0 saturated carbocycles. The SMILES string of the molecule is CCOc1ccc(C(=O)Nc2ccc(C)cc2)cc1COc1cccc2ccccc12. The molecule has 4 rings (SSSR count). The molecule has 0 aliphatic rings. The zero-order chi connectivity index (χ0) is 21.6. The van der Waals surface area contributed by atoms with E-state index in [1.807, 2.05) is 80.6 Å². The Labute approximate surface area is 182 Å². The summed E-state index contributed by atoms with van der Waals surface area (Å²) in [6.45, 7) is 4.79. The minimum absolute atomic E-state index is 0.168. The molecule has 4 nitrogen and oxygen atoms in total. The number of carbonyl (C=O) groups excluding carboxylic acids is 1. The van der Waals surface area contributed by atoms with Crippen molar-refractivity contribution in [3.63, 3.8) is 0 Å². The molecule has 4 heteroatoms.